The van der Waals surface area contributed by atoms with Crippen LogP contribution in [0.4, 0.5) is 5.69 Å². The molecule has 0 spiro atoms. The van der Waals surface area contributed by atoms with Crippen LogP contribution in [0.25, 0.3) is 0 Å². The lowest BCUT2D eigenvalue weighted by atomic mass is 9.92. The SMILES string of the molecule is CC(C)(C)CC(=O)Nc1cccc(S(=O)(=O)N2CCOCC2)c1. The van der Waals surface area contributed by atoms with Gasteiger partial charge in [0.05, 0.1) is 18.1 Å². The molecule has 1 fully saturated rings. The van der Waals surface area contributed by atoms with Gasteiger partial charge in [0.2, 0.25) is 15.9 Å². The number of carbonyl (C=O) groups is 1. The van der Waals surface area contributed by atoms with E-state index >= 15 is 0 Å². The van der Waals surface area contributed by atoms with Crippen LogP contribution in [0, 0.1) is 5.41 Å². The van der Waals surface area contributed by atoms with Crippen molar-refractivity contribution in [1.82, 2.24) is 4.31 Å². The number of ether oxygens (including phenoxy) is 1. The molecule has 23 heavy (non-hydrogen) atoms. The van der Waals surface area contributed by atoms with Gasteiger partial charge in [-0.2, -0.15) is 4.31 Å². The Kier molecular flexibility index (Phi) is 5.44. The summed E-state index contributed by atoms with van der Waals surface area (Å²) in [5.41, 5.74) is 0.371. The predicted octanol–water partition coefficient (Wildman–Crippen LogP) is 2.08. The number of carbonyl (C=O) groups excluding carboxylic acids is 1. The molecule has 1 heterocycles. The molecular weight excluding hydrogens is 316 g/mol. The Bertz CT molecular complexity index is 659. The second-order valence-electron chi connectivity index (χ2n) is 6.83. The van der Waals surface area contributed by atoms with Gasteiger partial charge in [-0.3, -0.25) is 4.79 Å². The number of amides is 1. The van der Waals surface area contributed by atoms with Crippen LogP contribution in [-0.2, 0) is 19.6 Å². The van der Waals surface area contributed by atoms with Gasteiger partial charge in [-0.05, 0) is 23.6 Å². The summed E-state index contributed by atoms with van der Waals surface area (Å²) in [7, 11) is -3.55. The number of sulfonamides is 1. The maximum Gasteiger partial charge on any atom is 0.243 e. The summed E-state index contributed by atoms with van der Waals surface area (Å²) in [5, 5.41) is 2.77. The fourth-order valence-corrected chi connectivity index (χ4v) is 3.81. The van der Waals surface area contributed by atoms with E-state index in [1.165, 1.54) is 10.4 Å². The van der Waals surface area contributed by atoms with Crippen molar-refractivity contribution in [3.63, 3.8) is 0 Å². The van der Waals surface area contributed by atoms with Gasteiger partial charge in [0.1, 0.15) is 0 Å². The average molecular weight is 340 g/mol. The van der Waals surface area contributed by atoms with E-state index in [2.05, 4.69) is 5.32 Å². The molecular formula is C16H24N2O4S. The van der Waals surface area contributed by atoms with Crippen molar-refractivity contribution in [3.8, 4) is 0 Å². The van der Waals surface area contributed by atoms with Gasteiger partial charge in [0.25, 0.3) is 0 Å². The largest absolute Gasteiger partial charge is 0.379 e. The second-order valence-corrected chi connectivity index (χ2v) is 8.77. The Hall–Kier alpha value is -1.44. The van der Waals surface area contributed by atoms with Gasteiger partial charge in [0.15, 0.2) is 0 Å². The first-order valence-corrected chi connectivity index (χ1v) is 9.10. The standard InChI is InChI=1S/C16H24N2O4S/c1-16(2,3)12-15(19)17-13-5-4-6-14(11-13)23(20,21)18-7-9-22-10-8-18/h4-6,11H,7-10,12H2,1-3H3,(H,17,19). The van der Waals surface area contributed by atoms with E-state index < -0.39 is 10.0 Å². The molecule has 0 unspecified atom stereocenters. The highest BCUT2D eigenvalue weighted by Crippen LogP contribution is 2.22. The lowest BCUT2D eigenvalue weighted by molar-refractivity contribution is -0.117. The molecule has 0 saturated carbocycles. The summed E-state index contributed by atoms with van der Waals surface area (Å²) in [5.74, 6) is -0.126. The Morgan fingerprint density at radius 3 is 2.52 bits per heavy atom. The maximum atomic E-state index is 12.6. The summed E-state index contributed by atoms with van der Waals surface area (Å²) in [6, 6.07) is 6.38. The van der Waals surface area contributed by atoms with Crippen LogP contribution >= 0.6 is 0 Å². The van der Waals surface area contributed by atoms with Crippen molar-refractivity contribution >= 4 is 21.6 Å². The van der Waals surface area contributed by atoms with Crippen LogP contribution in [-0.4, -0.2) is 44.9 Å². The zero-order valence-corrected chi connectivity index (χ0v) is 14.6. The molecule has 1 N–H and O–H groups in total. The highest BCUT2D eigenvalue weighted by atomic mass is 32.2. The molecule has 6 nitrogen and oxygen atoms in total. The molecule has 7 heteroatoms. The van der Waals surface area contributed by atoms with Gasteiger partial charge >= 0.3 is 0 Å². The molecule has 1 amide bonds. The van der Waals surface area contributed by atoms with Gasteiger partial charge in [0, 0.05) is 25.2 Å². The number of nitrogens with zero attached hydrogens (tertiary/aromatic N) is 1. The van der Waals surface area contributed by atoms with Gasteiger partial charge in [-0.15, -0.1) is 0 Å². The number of benzene rings is 1. The third-order valence-electron chi connectivity index (χ3n) is 3.42. The third kappa shape index (κ3) is 5.02. The first-order valence-electron chi connectivity index (χ1n) is 7.66. The summed E-state index contributed by atoms with van der Waals surface area (Å²) >= 11 is 0. The fourth-order valence-electron chi connectivity index (χ4n) is 2.36. The summed E-state index contributed by atoms with van der Waals surface area (Å²) < 4.78 is 31.8. The zero-order valence-electron chi connectivity index (χ0n) is 13.8. The first-order chi connectivity index (χ1) is 10.7. The van der Waals surface area contributed by atoms with Crippen molar-refractivity contribution in [2.24, 2.45) is 5.41 Å². The molecule has 0 aromatic heterocycles. The zero-order chi connectivity index (χ0) is 17.1. The molecule has 0 aliphatic carbocycles. The molecule has 0 radical (unpaired) electrons. The lowest BCUT2D eigenvalue weighted by Gasteiger charge is -2.26. The predicted molar refractivity (Wildman–Crippen MR) is 88.7 cm³/mol. The van der Waals surface area contributed by atoms with E-state index in [-0.39, 0.29) is 16.2 Å². The maximum absolute atomic E-state index is 12.6. The molecule has 1 aromatic rings. The van der Waals surface area contributed by atoms with Crippen molar-refractivity contribution in [2.45, 2.75) is 32.1 Å². The number of hydrogen-bond donors (Lipinski definition) is 1. The van der Waals surface area contributed by atoms with Crippen molar-refractivity contribution in [2.75, 3.05) is 31.6 Å². The highest BCUT2D eigenvalue weighted by Gasteiger charge is 2.26. The monoisotopic (exact) mass is 340 g/mol. The molecule has 1 aliphatic heterocycles. The van der Waals surface area contributed by atoms with E-state index in [0.717, 1.165) is 0 Å². The van der Waals surface area contributed by atoms with E-state index in [1.54, 1.807) is 18.2 Å². The summed E-state index contributed by atoms with van der Waals surface area (Å²) in [6.45, 7) is 7.44. The summed E-state index contributed by atoms with van der Waals surface area (Å²) in [6.07, 6.45) is 0.368. The molecule has 1 saturated heterocycles. The topological polar surface area (TPSA) is 75.7 Å². The molecule has 2 rings (SSSR count). The summed E-state index contributed by atoms with van der Waals surface area (Å²) in [4.78, 5) is 12.2. The number of nitrogens with one attached hydrogen (secondary N) is 1. The Morgan fingerprint density at radius 2 is 1.91 bits per heavy atom. The number of hydrogen-bond acceptors (Lipinski definition) is 4. The van der Waals surface area contributed by atoms with Gasteiger partial charge in [-0.1, -0.05) is 26.8 Å². The van der Waals surface area contributed by atoms with Gasteiger partial charge < -0.3 is 10.1 Å². The Morgan fingerprint density at radius 1 is 1.26 bits per heavy atom. The average Bonchev–Trinajstić information content (AvgIpc) is 2.46. The Labute approximate surface area is 137 Å². The minimum atomic E-state index is -3.55. The molecule has 128 valence electrons. The normalized spacial score (nSPS) is 17.0. The van der Waals surface area contributed by atoms with Crippen molar-refractivity contribution in [3.05, 3.63) is 24.3 Å². The lowest BCUT2D eigenvalue weighted by Crippen LogP contribution is -2.40. The number of rotatable bonds is 4. The van der Waals surface area contributed by atoms with Crippen molar-refractivity contribution in [1.29, 1.82) is 0 Å². The van der Waals surface area contributed by atoms with E-state index in [0.29, 0.717) is 38.4 Å². The number of anilines is 1. The fraction of sp³-hybridized carbons (Fsp3) is 0.562. The highest BCUT2D eigenvalue weighted by molar-refractivity contribution is 7.89. The van der Waals surface area contributed by atoms with E-state index in [9.17, 15) is 13.2 Å². The van der Waals surface area contributed by atoms with E-state index in [4.69, 9.17) is 4.74 Å². The molecule has 0 bridgehead atoms. The quantitative estimate of drug-likeness (QED) is 0.910. The van der Waals surface area contributed by atoms with E-state index in [1.807, 2.05) is 20.8 Å². The minimum Gasteiger partial charge on any atom is -0.379 e. The van der Waals surface area contributed by atoms with Crippen LogP contribution in [0.15, 0.2) is 29.2 Å². The number of morpholine rings is 1. The molecule has 0 atom stereocenters. The van der Waals surface area contributed by atoms with Crippen LogP contribution in [0.2, 0.25) is 0 Å². The first kappa shape index (κ1) is 17.9. The van der Waals surface area contributed by atoms with Crippen LogP contribution in [0.5, 0.6) is 0 Å². The Balaban J connectivity index is 2.14. The third-order valence-corrected chi connectivity index (χ3v) is 5.31. The molecule has 1 aliphatic rings. The molecule has 1 aromatic carbocycles. The minimum absolute atomic E-state index is 0.123. The van der Waals surface area contributed by atoms with Gasteiger partial charge in [-0.25, -0.2) is 8.42 Å². The smallest absolute Gasteiger partial charge is 0.243 e. The van der Waals surface area contributed by atoms with Crippen LogP contribution in [0.3, 0.4) is 0 Å². The van der Waals surface area contributed by atoms with Crippen molar-refractivity contribution < 1.29 is 17.9 Å². The van der Waals surface area contributed by atoms with Crippen LogP contribution in [0.1, 0.15) is 27.2 Å². The van der Waals surface area contributed by atoms with Crippen LogP contribution < -0.4 is 5.32 Å². The second kappa shape index (κ2) is 6.98.